The highest BCUT2D eigenvalue weighted by atomic mass is 35.5. The maximum absolute atomic E-state index is 6.20. The van der Waals surface area contributed by atoms with Gasteiger partial charge < -0.3 is 14.2 Å². The van der Waals surface area contributed by atoms with Gasteiger partial charge in [-0.15, -0.1) is 11.8 Å². The first kappa shape index (κ1) is 19.5. The molecule has 27 heavy (non-hydrogen) atoms. The fourth-order valence-corrected chi connectivity index (χ4v) is 3.46. The minimum absolute atomic E-state index is 0.444. The van der Waals surface area contributed by atoms with Gasteiger partial charge in [-0.3, -0.25) is 0 Å². The summed E-state index contributed by atoms with van der Waals surface area (Å²) in [6, 6.07) is 23.3. The maximum atomic E-state index is 6.20. The van der Waals surface area contributed by atoms with Crippen molar-refractivity contribution in [1.82, 2.24) is 0 Å². The van der Waals surface area contributed by atoms with Gasteiger partial charge >= 0.3 is 0 Å². The van der Waals surface area contributed by atoms with Crippen LogP contribution < -0.4 is 14.2 Å². The van der Waals surface area contributed by atoms with Crippen LogP contribution >= 0.6 is 23.4 Å². The summed E-state index contributed by atoms with van der Waals surface area (Å²) in [6.07, 6.45) is 0. The zero-order valence-electron chi connectivity index (χ0n) is 15.1. The van der Waals surface area contributed by atoms with Crippen LogP contribution in [-0.4, -0.2) is 19.5 Å². The second kappa shape index (κ2) is 10.1. The standard InChI is InChI=1S/C22H21ClO3S/c1-24-18-10-12-19(13-11-18)25-14-15-27-22-9-5-4-8-21(22)26-16-17-6-2-3-7-20(17)23/h2-13H,14-16H2,1H3. The zero-order chi connectivity index (χ0) is 18.9. The Morgan fingerprint density at radius 2 is 1.52 bits per heavy atom. The maximum Gasteiger partial charge on any atom is 0.133 e. The van der Waals surface area contributed by atoms with Gasteiger partial charge in [0, 0.05) is 21.2 Å². The Labute approximate surface area is 169 Å². The number of rotatable bonds is 9. The van der Waals surface area contributed by atoms with Crippen LogP contribution in [0.4, 0.5) is 0 Å². The van der Waals surface area contributed by atoms with Gasteiger partial charge in [0.15, 0.2) is 0 Å². The van der Waals surface area contributed by atoms with Crippen molar-refractivity contribution in [1.29, 1.82) is 0 Å². The zero-order valence-corrected chi connectivity index (χ0v) is 16.6. The van der Waals surface area contributed by atoms with Crippen molar-refractivity contribution < 1.29 is 14.2 Å². The first-order chi connectivity index (χ1) is 13.3. The van der Waals surface area contributed by atoms with Crippen molar-refractivity contribution in [2.75, 3.05) is 19.5 Å². The van der Waals surface area contributed by atoms with Crippen LogP contribution in [0.5, 0.6) is 17.2 Å². The smallest absolute Gasteiger partial charge is 0.133 e. The number of thioether (sulfide) groups is 1. The SMILES string of the molecule is COc1ccc(OCCSc2ccccc2OCc2ccccc2Cl)cc1. The lowest BCUT2D eigenvalue weighted by atomic mass is 10.2. The number of para-hydroxylation sites is 1. The summed E-state index contributed by atoms with van der Waals surface area (Å²) in [5.41, 5.74) is 0.974. The second-order valence-corrected chi connectivity index (χ2v) is 7.24. The van der Waals surface area contributed by atoms with E-state index in [0.29, 0.717) is 13.2 Å². The van der Waals surface area contributed by atoms with Crippen LogP contribution in [0.1, 0.15) is 5.56 Å². The Morgan fingerprint density at radius 3 is 2.30 bits per heavy atom. The number of methoxy groups -OCH3 is 1. The predicted octanol–water partition coefficient (Wildman–Crippen LogP) is 6.10. The average Bonchev–Trinajstić information content (AvgIpc) is 2.72. The van der Waals surface area contributed by atoms with Gasteiger partial charge in [0.2, 0.25) is 0 Å². The molecule has 0 aliphatic carbocycles. The molecule has 0 saturated heterocycles. The molecule has 0 aliphatic heterocycles. The van der Waals surface area contributed by atoms with Crippen LogP contribution in [-0.2, 0) is 6.61 Å². The fraction of sp³-hybridized carbons (Fsp3) is 0.182. The molecule has 0 spiro atoms. The third kappa shape index (κ3) is 5.84. The van der Waals surface area contributed by atoms with Gasteiger partial charge in [0.1, 0.15) is 23.9 Å². The van der Waals surface area contributed by atoms with Crippen molar-refractivity contribution in [3.8, 4) is 17.2 Å². The third-order valence-electron chi connectivity index (χ3n) is 3.86. The molecule has 140 valence electrons. The summed E-state index contributed by atoms with van der Waals surface area (Å²) in [6.45, 7) is 1.05. The van der Waals surface area contributed by atoms with E-state index < -0.39 is 0 Å². The minimum atomic E-state index is 0.444. The lowest BCUT2D eigenvalue weighted by molar-refractivity contribution is 0.299. The lowest BCUT2D eigenvalue weighted by Gasteiger charge is -2.12. The number of halogens is 1. The van der Waals surface area contributed by atoms with E-state index in [0.717, 1.165) is 38.5 Å². The van der Waals surface area contributed by atoms with Gasteiger partial charge in [0.05, 0.1) is 13.7 Å². The predicted molar refractivity (Wildman–Crippen MR) is 111 cm³/mol. The summed E-state index contributed by atoms with van der Waals surface area (Å²) >= 11 is 7.91. The molecule has 0 amide bonds. The van der Waals surface area contributed by atoms with Crippen molar-refractivity contribution in [2.45, 2.75) is 11.5 Å². The Morgan fingerprint density at radius 1 is 0.815 bits per heavy atom. The molecule has 0 N–H and O–H groups in total. The van der Waals surface area contributed by atoms with E-state index in [1.807, 2.05) is 66.7 Å². The van der Waals surface area contributed by atoms with Gasteiger partial charge in [-0.2, -0.15) is 0 Å². The number of hydrogen-bond donors (Lipinski definition) is 0. The van der Waals surface area contributed by atoms with Crippen molar-refractivity contribution >= 4 is 23.4 Å². The first-order valence-corrected chi connectivity index (χ1v) is 9.97. The largest absolute Gasteiger partial charge is 0.497 e. The van der Waals surface area contributed by atoms with E-state index in [-0.39, 0.29) is 0 Å². The third-order valence-corrected chi connectivity index (χ3v) is 5.25. The van der Waals surface area contributed by atoms with Crippen molar-refractivity contribution in [3.05, 3.63) is 83.4 Å². The minimum Gasteiger partial charge on any atom is -0.497 e. The molecule has 3 aromatic rings. The molecule has 0 atom stereocenters. The Bertz CT molecular complexity index is 852. The van der Waals surface area contributed by atoms with E-state index in [4.69, 9.17) is 25.8 Å². The highest BCUT2D eigenvalue weighted by Crippen LogP contribution is 2.30. The second-order valence-electron chi connectivity index (χ2n) is 5.70. The molecule has 3 aromatic carbocycles. The van der Waals surface area contributed by atoms with Crippen LogP contribution in [0.3, 0.4) is 0 Å². The van der Waals surface area contributed by atoms with Crippen molar-refractivity contribution in [2.24, 2.45) is 0 Å². The quantitative estimate of drug-likeness (QED) is 0.320. The molecule has 0 saturated carbocycles. The Balaban J connectivity index is 1.50. The molecule has 0 heterocycles. The summed E-state index contributed by atoms with van der Waals surface area (Å²) < 4.78 is 16.9. The average molecular weight is 401 g/mol. The normalized spacial score (nSPS) is 10.4. The van der Waals surface area contributed by atoms with Crippen LogP contribution in [0.25, 0.3) is 0 Å². The molecule has 0 aromatic heterocycles. The topological polar surface area (TPSA) is 27.7 Å². The number of ether oxygens (including phenoxy) is 3. The van der Waals surface area contributed by atoms with Crippen LogP contribution in [0, 0.1) is 0 Å². The Kier molecular flexibility index (Phi) is 7.31. The highest BCUT2D eigenvalue weighted by Gasteiger charge is 2.06. The molecule has 0 radical (unpaired) electrons. The van der Waals surface area contributed by atoms with Gasteiger partial charge in [0.25, 0.3) is 0 Å². The molecule has 0 aliphatic rings. The lowest BCUT2D eigenvalue weighted by Crippen LogP contribution is -2.01. The van der Waals surface area contributed by atoms with E-state index in [1.165, 1.54) is 0 Å². The molecule has 0 bridgehead atoms. The van der Waals surface area contributed by atoms with E-state index in [1.54, 1.807) is 18.9 Å². The fourth-order valence-electron chi connectivity index (χ4n) is 2.44. The monoisotopic (exact) mass is 400 g/mol. The summed E-state index contributed by atoms with van der Waals surface area (Å²) in [4.78, 5) is 1.09. The molecule has 0 fully saturated rings. The number of benzene rings is 3. The molecule has 3 rings (SSSR count). The molecule has 3 nitrogen and oxygen atoms in total. The van der Waals surface area contributed by atoms with E-state index in [9.17, 15) is 0 Å². The molecular weight excluding hydrogens is 380 g/mol. The first-order valence-electron chi connectivity index (χ1n) is 8.61. The van der Waals surface area contributed by atoms with E-state index >= 15 is 0 Å². The van der Waals surface area contributed by atoms with Gasteiger partial charge in [-0.05, 0) is 42.5 Å². The van der Waals surface area contributed by atoms with Crippen LogP contribution in [0.15, 0.2) is 77.7 Å². The summed E-state index contributed by atoms with van der Waals surface area (Å²) in [5, 5.41) is 0.718. The van der Waals surface area contributed by atoms with Gasteiger partial charge in [-0.1, -0.05) is 41.9 Å². The van der Waals surface area contributed by atoms with E-state index in [2.05, 4.69) is 6.07 Å². The molecule has 0 unspecified atom stereocenters. The van der Waals surface area contributed by atoms with Gasteiger partial charge in [-0.25, -0.2) is 0 Å². The summed E-state index contributed by atoms with van der Waals surface area (Å²) in [5.74, 6) is 3.33. The molecular formula is C22H21ClO3S. The van der Waals surface area contributed by atoms with Crippen molar-refractivity contribution in [3.63, 3.8) is 0 Å². The highest BCUT2D eigenvalue weighted by molar-refractivity contribution is 7.99. The van der Waals surface area contributed by atoms with Crippen LogP contribution in [0.2, 0.25) is 5.02 Å². The molecule has 5 heteroatoms. The summed E-state index contributed by atoms with van der Waals surface area (Å²) in [7, 11) is 1.65. The Hall–Kier alpha value is -2.30. The number of hydrogen-bond acceptors (Lipinski definition) is 4.